The molecule has 0 saturated carbocycles. The quantitative estimate of drug-likeness (QED) is 0.558. The summed E-state index contributed by atoms with van der Waals surface area (Å²) in [5, 5.41) is 0. The molecule has 1 aliphatic heterocycles. The summed E-state index contributed by atoms with van der Waals surface area (Å²) >= 11 is 0. The number of ether oxygens (including phenoxy) is 2. The van der Waals surface area contributed by atoms with Crippen LogP contribution in [-0.2, 0) is 9.47 Å². The van der Waals surface area contributed by atoms with Gasteiger partial charge in [0, 0.05) is 0 Å². The molecule has 0 N–H and O–H groups in total. The summed E-state index contributed by atoms with van der Waals surface area (Å²) < 4.78 is 10.6. The van der Waals surface area contributed by atoms with Crippen LogP contribution in [0.4, 0.5) is 0 Å². The SMILES string of the molecule is C=CC1OCC(CCC)O1. The highest BCUT2D eigenvalue weighted by Crippen LogP contribution is 2.15. The fraction of sp³-hybridized carbons (Fsp3) is 0.750. The van der Waals surface area contributed by atoms with Gasteiger partial charge in [0.25, 0.3) is 0 Å². The van der Waals surface area contributed by atoms with E-state index in [-0.39, 0.29) is 6.29 Å². The lowest BCUT2D eigenvalue weighted by Gasteiger charge is -2.05. The molecule has 58 valence electrons. The molecule has 0 radical (unpaired) electrons. The molecule has 2 nitrogen and oxygen atoms in total. The van der Waals surface area contributed by atoms with Gasteiger partial charge in [-0.3, -0.25) is 0 Å². The fourth-order valence-corrected chi connectivity index (χ4v) is 1.07. The van der Waals surface area contributed by atoms with Crippen molar-refractivity contribution in [2.45, 2.75) is 32.2 Å². The van der Waals surface area contributed by atoms with Crippen molar-refractivity contribution in [1.82, 2.24) is 0 Å². The molecule has 1 fully saturated rings. The minimum atomic E-state index is -0.156. The molecule has 10 heavy (non-hydrogen) atoms. The Labute approximate surface area is 61.8 Å². The molecule has 0 aliphatic carbocycles. The monoisotopic (exact) mass is 142 g/mol. The van der Waals surface area contributed by atoms with Gasteiger partial charge < -0.3 is 9.47 Å². The lowest BCUT2D eigenvalue weighted by Crippen LogP contribution is -2.09. The Morgan fingerprint density at radius 2 is 2.50 bits per heavy atom. The van der Waals surface area contributed by atoms with E-state index in [1.807, 2.05) is 0 Å². The molecule has 0 aromatic heterocycles. The first-order valence-electron chi connectivity index (χ1n) is 3.76. The predicted octanol–water partition coefficient (Wildman–Crippen LogP) is 1.71. The van der Waals surface area contributed by atoms with E-state index in [2.05, 4.69) is 13.5 Å². The summed E-state index contributed by atoms with van der Waals surface area (Å²) in [6.45, 7) is 6.46. The maximum Gasteiger partial charge on any atom is 0.177 e. The highest BCUT2D eigenvalue weighted by atomic mass is 16.7. The van der Waals surface area contributed by atoms with Crippen LogP contribution in [0.15, 0.2) is 12.7 Å². The van der Waals surface area contributed by atoms with Gasteiger partial charge in [0.15, 0.2) is 6.29 Å². The summed E-state index contributed by atoms with van der Waals surface area (Å²) in [5.41, 5.74) is 0. The first kappa shape index (κ1) is 7.76. The van der Waals surface area contributed by atoms with Crippen molar-refractivity contribution >= 4 is 0 Å². The molecular formula is C8H14O2. The summed E-state index contributed by atoms with van der Waals surface area (Å²) in [7, 11) is 0. The maximum atomic E-state index is 5.41. The van der Waals surface area contributed by atoms with Crippen molar-refractivity contribution in [3.8, 4) is 0 Å². The van der Waals surface area contributed by atoms with Crippen molar-refractivity contribution in [3.63, 3.8) is 0 Å². The van der Waals surface area contributed by atoms with Gasteiger partial charge in [-0.05, 0) is 12.5 Å². The summed E-state index contributed by atoms with van der Waals surface area (Å²) in [5.74, 6) is 0. The fourth-order valence-electron chi connectivity index (χ4n) is 1.07. The molecule has 0 aromatic carbocycles. The molecule has 0 amide bonds. The van der Waals surface area contributed by atoms with E-state index >= 15 is 0 Å². The van der Waals surface area contributed by atoms with Gasteiger partial charge in [-0.25, -0.2) is 0 Å². The van der Waals surface area contributed by atoms with Crippen LogP contribution in [0.3, 0.4) is 0 Å². The van der Waals surface area contributed by atoms with Crippen molar-refractivity contribution in [3.05, 3.63) is 12.7 Å². The van der Waals surface area contributed by atoms with Crippen LogP contribution in [0, 0.1) is 0 Å². The standard InChI is InChI=1S/C8H14O2/c1-3-5-7-6-9-8(4-2)10-7/h4,7-8H,2-3,5-6H2,1H3. The second-order valence-corrected chi connectivity index (χ2v) is 2.48. The van der Waals surface area contributed by atoms with Gasteiger partial charge in [0.05, 0.1) is 12.7 Å². The zero-order valence-corrected chi connectivity index (χ0v) is 6.38. The molecule has 0 spiro atoms. The average Bonchev–Trinajstić information content (AvgIpc) is 2.37. The molecule has 1 aliphatic rings. The highest BCUT2D eigenvalue weighted by molar-refractivity contribution is 4.78. The zero-order chi connectivity index (χ0) is 7.40. The minimum Gasteiger partial charge on any atom is -0.346 e. The summed E-state index contributed by atoms with van der Waals surface area (Å²) in [4.78, 5) is 0. The van der Waals surface area contributed by atoms with E-state index < -0.39 is 0 Å². The largest absolute Gasteiger partial charge is 0.346 e. The first-order valence-corrected chi connectivity index (χ1v) is 3.76. The van der Waals surface area contributed by atoms with Crippen molar-refractivity contribution in [2.75, 3.05) is 6.61 Å². The Hall–Kier alpha value is -0.340. The van der Waals surface area contributed by atoms with Gasteiger partial charge in [-0.15, -0.1) is 0 Å². The van der Waals surface area contributed by atoms with Crippen molar-refractivity contribution < 1.29 is 9.47 Å². The second kappa shape index (κ2) is 3.74. The third kappa shape index (κ3) is 1.82. The Balaban J connectivity index is 2.21. The molecular weight excluding hydrogens is 128 g/mol. The van der Waals surface area contributed by atoms with Crippen LogP contribution in [0.1, 0.15) is 19.8 Å². The molecule has 1 rings (SSSR count). The lowest BCUT2D eigenvalue weighted by molar-refractivity contribution is -0.0206. The normalized spacial score (nSPS) is 32.5. The molecule has 1 saturated heterocycles. The van der Waals surface area contributed by atoms with Crippen molar-refractivity contribution in [1.29, 1.82) is 0 Å². The van der Waals surface area contributed by atoms with Crippen LogP contribution < -0.4 is 0 Å². The Morgan fingerprint density at radius 1 is 1.70 bits per heavy atom. The first-order chi connectivity index (χ1) is 4.86. The topological polar surface area (TPSA) is 18.5 Å². The molecule has 1 heterocycles. The smallest absolute Gasteiger partial charge is 0.177 e. The number of rotatable bonds is 3. The van der Waals surface area contributed by atoms with E-state index in [4.69, 9.17) is 9.47 Å². The number of hydrogen-bond acceptors (Lipinski definition) is 2. The molecule has 2 atom stereocenters. The Morgan fingerprint density at radius 3 is 3.00 bits per heavy atom. The van der Waals surface area contributed by atoms with E-state index in [0.29, 0.717) is 6.10 Å². The number of hydrogen-bond donors (Lipinski definition) is 0. The van der Waals surface area contributed by atoms with Crippen LogP contribution >= 0.6 is 0 Å². The second-order valence-electron chi connectivity index (χ2n) is 2.48. The van der Waals surface area contributed by atoms with Gasteiger partial charge in [-0.2, -0.15) is 0 Å². The van der Waals surface area contributed by atoms with Gasteiger partial charge in [0.1, 0.15) is 0 Å². The van der Waals surface area contributed by atoms with Crippen LogP contribution in [0.2, 0.25) is 0 Å². The molecule has 0 bridgehead atoms. The minimum absolute atomic E-state index is 0.156. The molecule has 0 aromatic rings. The maximum absolute atomic E-state index is 5.41. The third-order valence-electron chi connectivity index (χ3n) is 1.58. The van der Waals surface area contributed by atoms with Crippen LogP contribution in [0.25, 0.3) is 0 Å². The third-order valence-corrected chi connectivity index (χ3v) is 1.58. The van der Waals surface area contributed by atoms with E-state index in [9.17, 15) is 0 Å². The molecule has 2 unspecified atom stereocenters. The van der Waals surface area contributed by atoms with E-state index in [0.717, 1.165) is 19.4 Å². The van der Waals surface area contributed by atoms with E-state index in [1.54, 1.807) is 6.08 Å². The highest BCUT2D eigenvalue weighted by Gasteiger charge is 2.21. The van der Waals surface area contributed by atoms with E-state index in [1.165, 1.54) is 0 Å². The lowest BCUT2D eigenvalue weighted by atomic mass is 10.2. The van der Waals surface area contributed by atoms with Gasteiger partial charge in [-0.1, -0.05) is 19.9 Å². The van der Waals surface area contributed by atoms with Gasteiger partial charge >= 0.3 is 0 Å². The average molecular weight is 142 g/mol. The Kier molecular flexibility index (Phi) is 2.90. The van der Waals surface area contributed by atoms with Crippen LogP contribution in [0.5, 0.6) is 0 Å². The summed E-state index contributed by atoms with van der Waals surface area (Å²) in [6, 6.07) is 0. The zero-order valence-electron chi connectivity index (χ0n) is 6.38. The predicted molar refractivity (Wildman–Crippen MR) is 39.7 cm³/mol. The van der Waals surface area contributed by atoms with Crippen molar-refractivity contribution in [2.24, 2.45) is 0 Å². The Bertz CT molecular complexity index is 112. The molecule has 2 heteroatoms. The van der Waals surface area contributed by atoms with Gasteiger partial charge in [0.2, 0.25) is 0 Å². The van der Waals surface area contributed by atoms with Crippen LogP contribution in [-0.4, -0.2) is 19.0 Å². The summed E-state index contributed by atoms with van der Waals surface area (Å²) in [6.07, 6.45) is 4.07.